The third kappa shape index (κ3) is 2.15. The standard InChI is InChI=1S/C23H32O2/c1-7-13-14-8-9-15(13)18-16(14)10-17-19(22(18)25)21(24)12(3)11(2)20(17)23(4,5)6/h8-9,13-20H,7,10H2,1-6H3. The molecule has 0 N–H and O–H groups in total. The first-order chi connectivity index (χ1) is 11.7. The fourth-order valence-corrected chi connectivity index (χ4v) is 7.21. The Morgan fingerprint density at radius 1 is 1.04 bits per heavy atom. The zero-order chi connectivity index (χ0) is 18.3. The Morgan fingerprint density at radius 2 is 1.68 bits per heavy atom. The Bertz CT molecular complexity index is 689. The van der Waals surface area contributed by atoms with E-state index in [1.165, 1.54) is 5.57 Å². The number of Topliss-reactive ketones (excluding diaryl/α,β-unsaturated/α-hetero) is 2. The largest absolute Gasteiger partial charge is 0.299 e. The van der Waals surface area contributed by atoms with Gasteiger partial charge in [0.25, 0.3) is 0 Å². The van der Waals surface area contributed by atoms with Crippen molar-refractivity contribution in [2.24, 2.45) is 52.8 Å². The lowest BCUT2D eigenvalue weighted by molar-refractivity contribution is -0.145. The maximum Gasteiger partial charge on any atom is 0.169 e. The minimum absolute atomic E-state index is 0.0830. The van der Waals surface area contributed by atoms with Crippen LogP contribution in [0.5, 0.6) is 0 Å². The van der Waals surface area contributed by atoms with Crippen LogP contribution in [0.25, 0.3) is 0 Å². The van der Waals surface area contributed by atoms with Gasteiger partial charge >= 0.3 is 0 Å². The van der Waals surface area contributed by atoms with E-state index in [0.717, 1.165) is 18.4 Å². The molecule has 0 amide bonds. The van der Waals surface area contributed by atoms with Crippen molar-refractivity contribution in [2.45, 2.75) is 54.4 Å². The van der Waals surface area contributed by atoms with Crippen molar-refractivity contribution in [3.63, 3.8) is 0 Å². The maximum atomic E-state index is 13.6. The van der Waals surface area contributed by atoms with E-state index in [1.807, 2.05) is 6.92 Å². The molecule has 0 saturated heterocycles. The highest BCUT2D eigenvalue weighted by Crippen LogP contribution is 2.62. The van der Waals surface area contributed by atoms with Gasteiger partial charge in [-0.15, -0.1) is 0 Å². The van der Waals surface area contributed by atoms with Crippen molar-refractivity contribution < 1.29 is 9.59 Å². The first kappa shape index (κ1) is 17.2. The molecule has 8 unspecified atom stereocenters. The Balaban J connectivity index is 1.79. The van der Waals surface area contributed by atoms with Gasteiger partial charge in [0, 0.05) is 5.92 Å². The highest BCUT2D eigenvalue weighted by molar-refractivity contribution is 6.12. The van der Waals surface area contributed by atoms with Crippen LogP contribution >= 0.6 is 0 Å². The minimum atomic E-state index is -0.376. The van der Waals surface area contributed by atoms with Gasteiger partial charge in [0.1, 0.15) is 5.78 Å². The van der Waals surface area contributed by atoms with Gasteiger partial charge in [-0.3, -0.25) is 9.59 Å². The number of carbonyl (C=O) groups excluding carboxylic acids is 2. The molecule has 2 heteroatoms. The molecule has 8 atom stereocenters. The highest BCUT2D eigenvalue weighted by Gasteiger charge is 2.62. The molecule has 4 rings (SSSR count). The lowest BCUT2D eigenvalue weighted by atomic mass is 9.52. The van der Waals surface area contributed by atoms with Crippen molar-refractivity contribution >= 4 is 11.6 Å². The molecule has 0 spiro atoms. The van der Waals surface area contributed by atoms with Crippen LogP contribution < -0.4 is 0 Å². The van der Waals surface area contributed by atoms with Gasteiger partial charge in [-0.25, -0.2) is 0 Å². The van der Waals surface area contributed by atoms with E-state index in [2.05, 4.69) is 46.8 Å². The molecular formula is C23H32O2. The summed E-state index contributed by atoms with van der Waals surface area (Å²) in [6.45, 7) is 13.1. The smallest absolute Gasteiger partial charge is 0.169 e. The normalized spacial score (nSPS) is 45.8. The molecule has 2 saturated carbocycles. The third-order valence-corrected chi connectivity index (χ3v) is 8.06. The zero-order valence-electron chi connectivity index (χ0n) is 16.5. The average molecular weight is 341 g/mol. The number of hydrogen-bond acceptors (Lipinski definition) is 2. The lowest BCUT2D eigenvalue weighted by Gasteiger charge is -2.50. The van der Waals surface area contributed by atoms with Crippen LogP contribution in [0.2, 0.25) is 0 Å². The number of fused-ring (bicyclic) bond motifs is 6. The average Bonchev–Trinajstić information content (AvgIpc) is 3.06. The number of allylic oxidation sites excluding steroid dienone is 4. The molecular weight excluding hydrogens is 308 g/mol. The summed E-state index contributed by atoms with van der Waals surface area (Å²) >= 11 is 0. The molecule has 136 valence electrons. The van der Waals surface area contributed by atoms with Crippen LogP contribution in [-0.4, -0.2) is 11.6 Å². The predicted octanol–water partition coefficient (Wildman–Crippen LogP) is 4.85. The second kappa shape index (κ2) is 5.41. The van der Waals surface area contributed by atoms with Crippen LogP contribution in [0, 0.1) is 52.8 Å². The molecule has 2 fully saturated rings. The highest BCUT2D eigenvalue weighted by atomic mass is 16.2. The van der Waals surface area contributed by atoms with E-state index in [4.69, 9.17) is 0 Å². The monoisotopic (exact) mass is 340 g/mol. The molecule has 0 aromatic heterocycles. The summed E-state index contributed by atoms with van der Waals surface area (Å²) in [7, 11) is 0. The summed E-state index contributed by atoms with van der Waals surface area (Å²) in [6.07, 6.45) is 6.88. The van der Waals surface area contributed by atoms with Crippen molar-refractivity contribution in [3.8, 4) is 0 Å². The van der Waals surface area contributed by atoms with E-state index in [0.29, 0.717) is 29.6 Å². The predicted molar refractivity (Wildman–Crippen MR) is 99.8 cm³/mol. The minimum Gasteiger partial charge on any atom is -0.299 e. The Hall–Kier alpha value is -1.18. The Labute approximate surface area is 152 Å². The Morgan fingerprint density at radius 3 is 2.28 bits per heavy atom. The van der Waals surface area contributed by atoms with Crippen LogP contribution in [0.1, 0.15) is 54.4 Å². The zero-order valence-corrected chi connectivity index (χ0v) is 16.5. The van der Waals surface area contributed by atoms with E-state index in [9.17, 15) is 9.59 Å². The molecule has 0 aliphatic heterocycles. The number of rotatable bonds is 1. The van der Waals surface area contributed by atoms with Crippen molar-refractivity contribution in [1.29, 1.82) is 0 Å². The van der Waals surface area contributed by atoms with E-state index in [1.54, 1.807) is 0 Å². The third-order valence-electron chi connectivity index (χ3n) is 8.06. The fraction of sp³-hybridized carbons (Fsp3) is 0.739. The quantitative estimate of drug-likeness (QED) is 0.505. The van der Waals surface area contributed by atoms with E-state index < -0.39 is 0 Å². The van der Waals surface area contributed by atoms with Crippen LogP contribution in [0.3, 0.4) is 0 Å². The molecule has 2 nitrogen and oxygen atoms in total. The molecule has 0 radical (unpaired) electrons. The van der Waals surface area contributed by atoms with Crippen LogP contribution in [0.15, 0.2) is 23.3 Å². The molecule has 0 aromatic rings. The second-order valence-corrected chi connectivity index (χ2v) is 10.1. The summed E-state index contributed by atoms with van der Waals surface area (Å²) in [5.41, 5.74) is 2.18. The van der Waals surface area contributed by atoms with Crippen molar-refractivity contribution in [1.82, 2.24) is 0 Å². The molecule has 0 aromatic carbocycles. The fourth-order valence-electron chi connectivity index (χ4n) is 7.21. The maximum absolute atomic E-state index is 13.6. The molecule has 2 bridgehead atoms. The van der Waals surface area contributed by atoms with E-state index in [-0.39, 0.29) is 34.7 Å². The van der Waals surface area contributed by atoms with Gasteiger partial charge in [-0.1, -0.05) is 51.8 Å². The Kier molecular flexibility index (Phi) is 3.73. The van der Waals surface area contributed by atoms with Gasteiger partial charge < -0.3 is 0 Å². The summed E-state index contributed by atoms with van der Waals surface area (Å²) < 4.78 is 0. The van der Waals surface area contributed by atoms with Crippen LogP contribution in [0.4, 0.5) is 0 Å². The van der Waals surface area contributed by atoms with Gasteiger partial charge in [-0.2, -0.15) is 0 Å². The van der Waals surface area contributed by atoms with E-state index >= 15 is 0 Å². The van der Waals surface area contributed by atoms with Crippen molar-refractivity contribution in [2.75, 3.05) is 0 Å². The van der Waals surface area contributed by atoms with Gasteiger partial charge in [0.05, 0.1) is 5.92 Å². The molecule has 4 aliphatic rings. The van der Waals surface area contributed by atoms with Crippen molar-refractivity contribution in [3.05, 3.63) is 23.3 Å². The molecule has 0 heterocycles. The topological polar surface area (TPSA) is 34.1 Å². The first-order valence-electron chi connectivity index (χ1n) is 10.1. The summed E-state index contributed by atoms with van der Waals surface area (Å²) in [4.78, 5) is 26.7. The summed E-state index contributed by atoms with van der Waals surface area (Å²) in [6, 6.07) is 0. The number of carbonyl (C=O) groups is 2. The van der Waals surface area contributed by atoms with Gasteiger partial charge in [-0.05, 0) is 66.8 Å². The number of hydrogen-bond donors (Lipinski definition) is 0. The summed E-state index contributed by atoms with van der Waals surface area (Å²) in [5.74, 6) is 2.73. The molecule has 25 heavy (non-hydrogen) atoms. The first-order valence-corrected chi connectivity index (χ1v) is 10.1. The SMILES string of the molecule is CCC1C2C=CC1C1C(=O)C3C(=O)C(C)=C(C)C(C(C)(C)C)C3CC21. The second-order valence-electron chi connectivity index (χ2n) is 10.1. The van der Waals surface area contributed by atoms with Gasteiger partial charge in [0.2, 0.25) is 0 Å². The van der Waals surface area contributed by atoms with Crippen LogP contribution in [-0.2, 0) is 9.59 Å². The summed E-state index contributed by atoms with van der Waals surface area (Å²) in [5, 5.41) is 0. The number of ketones is 2. The molecule has 4 aliphatic carbocycles. The lowest BCUT2D eigenvalue weighted by Crippen LogP contribution is -2.52. The van der Waals surface area contributed by atoms with Gasteiger partial charge in [0.15, 0.2) is 5.78 Å².